The Labute approximate surface area is 180 Å². The zero-order valence-corrected chi connectivity index (χ0v) is 18.4. The summed E-state index contributed by atoms with van der Waals surface area (Å²) in [6.45, 7) is 7.02. The fourth-order valence-corrected chi connectivity index (χ4v) is 3.79. The maximum absolute atomic E-state index is 13.0. The van der Waals surface area contributed by atoms with Gasteiger partial charge in [0.15, 0.2) is 5.16 Å². The van der Waals surface area contributed by atoms with Crippen LogP contribution in [0.15, 0.2) is 58.5 Å². The number of benzene rings is 2. The number of aromatic nitrogens is 2. The second-order valence-corrected chi connectivity index (χ2v) is 8.29. The zero-order valence-electron chi connectivity index (χ0n) is 17.6. The van der Waals surface area contributed by atoms with Gasteiger partial charge in [0.1, 0.15) is 0 Å². The Morgan fingerprint density at radius 3 is 2.63 bits per heavy atom. The van der Waals surface area contributed by atoms with Gasteiger partial charge in [-0.2, -0.15) is 0 Å². The number of ether oxygens (including phenoxy) is 1. The molecule has 0 radical (unpaired) electrons. The second-order valence-electron chi connectivity index (χ2n) is 7.34. The molecule has 3 aromatic rings. The van der Waals surface area contributed by atoms with Gasteiger partial charge in [-0.05, 0) is 51.5 Å². The lowest BCUT2D eigenvalue weighted by molar-refractivity contribution is -0.113. The predicted molar refractivity (Wildman–Crippen MR) is 122 cm³/mol. The minimum atomic E-state index is -0.138. The van der Waals surface area contributed by atoms with Gasteiger partial charge >= 0.3 is 0 Å². The lowest BCUT2D eigenvalue weighted by Gasteiger charge is -2.14. The Balaban J connectivity index is 1.75. The van der Waals surface area contributed by atoms with Crippen LogP contribution in [0.1, 0.15) is 25.8 Å². The van der Waals surface area contributed by atoms with E-state index in [0.29, 0.717) is 35.6 Å². The molecule has 0 saturated carbocycles. The Morgan fingerprint density at radius 1 is 1.17 bits per heavy atom. The van der Waals surface area contributed by atoms with E-state index in [1.54, 1.807) is 10.6 Å². The first-order valence-corrected chi connectivity index (χ1v) is 11.0. The molecule has 0 unspecified atom stereocenters. The summed E-state index contributed by atoms with van der Waals surface area (Å²) >= 11 is 1.27. The third-order valence-corrected chi connectivity index (χ3v) is 5.45. The maximum atomic E-state index is 13.0. The van der Waals surface area contributed by atoms with Crippen LogP contribution in [0.3, 0.4) is 0 Å². The van der Waals surface area contributed by atoms with Crippen molar-refractivity contribution >= 4 is 34.3 Å². The average Bonchev–Trinajstić information content (AvgIpc) is 2.72. The van der Waals surface area contributed by atoms with Crippen LogP contribution in [0.25, 0.3) is 10.9 Å². The quantitative estimate of drug-likeness (QED) is 0.315. The topological polar surface area (TPSA) is 73.2 Å². The van der Waals surface area contributed by atoms with E-state index in [9.17, 15) is 9.59 Å². The number of amides is 1. The number of para-hydroxylation sites is 1. The van der Waals surface area contributed by atoms with Crippen LogP contribution in [0.4, 0.5) is 5.69 Å². The summed E-state index contributed by atoms with van der Waals surface area (Å²) in [6, 6.07) is 14.9. The van der Waals surface area contributed by atoms with Crippen LogP contribution < -0.4 is 10.9 Å². The van der Waals surface area contributed by atoms with Gasteiger partial charge in [-0.25, -0.2) is 4.98 Å². The Morgan fingerprint density at radius 2 is 1.90 bits per heavy atom. The molecule has 3 rings (SSSR count). The molecule has 0 aliphatic heterocycles. The molecule has 0 aliphatic carbocycles. The van der Waals surface area contributed by atoms with Crippen molar-refractivity contribution in [3.05, 3.63) is 64.4 Å². The molecule has 6 nitrogen and oxygen atoms in total. The summed E-state index contributed by atoms with van der Waals surface area (Å²) in [6.07, 6.45) is 0.845. The van der Waals surface area contributed by atoms with Gasteiger partial charge in [-0.3, -0.25) is 14.2 Å². The third-order valence-electron chi connectivity index (χ3n) is 4.47. The van der Waals surface area contributed by atoms with Crippen molar-refractivity contribution < 1.29 is 9.53 Å². The summed E-state index contributed by atoms with van der Waals surface area (Å²) in [7, 11) is 0. The number of thioether (sulfide) groups is 1. The van der Waals surface area contributed by atoms with Gasteiger partial charge < -0.3 is 10.1 Å². The predicted octanol–water partition coefficient (Wildman–Crippen LogP) is 4.25. The molecule has 0 atom stereocenters. The molecule has 158 valence electrons. The van der Waals surface area contributed by atoms with Crippen molar-refractivity contribution in [3.8, 4) is 0 Å². The smallest absolute Gasteiger partial charge is 0.262 e. The highest BCUT2D eigenvalue weighted by molar-refractivity contribution is 7.99. The number of nitrogens with one attached hydrogen (secondary N) is 1. The van der Waals surface area contributed by atoms with E-state index in [1.807, 2.05) is 63.2 Å². The third kappa shape index (κ3) is 5.93. The molecule has 7 heteroatoms. The number of rotatable bonds is 9. The van der Waals surface area contributed by atoms with Crippen molar-refractivity contribution in [2.24, 2.45) is 0 Å². The molecule has 0 aliphatic rings. The molecular weight excluding hydrogens is 398 g/mol. The van der Waals surface area contributed by atoms with Gasteiger partial charge in [0.05, 0.1) is 22.8 Å². The first kappa shape index (κ1) is 22.1. The highest BCUT2D eigenvalue weighted by Gasteiger charge is 2.13. The molecule has 2 aromatic carbocycles. The lowest BCUT2D eigenvalue weighted by Crippen LogP contribution is -2.25. The molecule has 30 heavy (non-hydrogen) atoms. The fourth-order valence-electron chi connectivity index (χ4n) is 2.96. The minimum Gasteiger partial charge on any atom is -0.379 e. The molecule has 1 aromatic heterocycles. The lowest BCUT2D eigenvalue weighted by atomic mass is 10.2. The van der Waals surface area contributed by atoms with E-state index in [1.165, 1.54) is 11.8 Å². The maximum Gasteiger partial charge on any atom is 0.262 e. The summed E-state index contributed by atoms with van der Waals surface area (Å²) in [5.74, 6) is 0.0298. The van der Waals surface area contributed by atoms with Gasteiger partial charge in [0, 0.05) is 18.8 Å². The fraction of sp³-hybridized carbons (Fsp3) is 0.348. The van der Waals surface area contributed by atoms with E-state index >= 15 is 0 Å². The van der Waals surface area contributed by atoms with Crippen LogP contribution >= 0.6 is 11.8 Å². The SMILES string of the molecule is Cc1ccc(NC(=O)CSc2nc3ccccc3c(=O)n2CCCOC(C)C)cc1. The molecule has 0 fully saturated rings. The molecule has 1 heterocycles. The van der Waals surface area contributed by atoms with Crippen LogP contribution in [-0.4, -0.2) is 33.9 Å². The van der Waals surface area contributed by atoms with Gasteiger partial charge in [0.2, 0.25) is 5.91 Å². The standard InChI is InChI=1S/C23H27N3O3S/c1-16(2)29-14-6-13-26-22(28)19-7-4-5-8-20(19)25-23(26)30-15-21(27)24-18-11-9-17(3)10-12-18/h4-5,7-12,16H,6,13-15H2,1-3H3,(H,24,27). The number of hydrogen-bond acceptors (Lipinski definition) is 5. The van der Waals surface area contributed by atoms with Crippen molar-refractivity contribution in [2.75, 3.05) is 17.7 Å². The number of aryl methyl sites for hydroxylation is 1. The summed E-state index contributed by atoms with van der Waals surface area (Å²) < 4.78 is 7.25. The normalized spacial score (nSPS) is 11.2. The largest absolute Gasteiger partial charge is 0.379 e. The molecule has 1 N–H and O–H groups in total. The number of fused-ring (bicyclic) bond motifs is 1. The van der Waals surface area contributed by atoms with Crippen LogP contribution in [0.5, 0.6) is 0 Å². The Bertz CT molecular complexity index is 1060. The molecule has 0 spiro atoms. The van der Waals surface area contributed by atoms with E-state index in [2.05, 4.69) is 10.3 Å². The number of carbonyl (C=O) groups excluding carboxylic acids is 1. The average molecular weight is 426 g/mol. The van der Waals surface area contributed by atoms with Crippen LogP contribution in [0.2, 0.25) is 0 Å². The number of carbonyl (C=O) groups is 1. The first-order chi connectivity index (χ1) is 14.4. The zero-order chi connectivity index (χ0) is 21.5. The minimum absolute atomic E-state index is 0.0911. The second kappa shape index (κ2) is 10.4. The van der Waals surface area contributed by atoms with Crippen molar-refractivity contribution in [1.29, 1.82) is 0 Å². The molecule has 0 bridgehead atoms. The highest BCUT2D eigenvalue weighted by atomic mass is 32.2. The summed E-state index contributed by atoms with van der Waals surface area (Å²) in [5, 5.41) is 4.00. The van der Waals surface area contributed by atoms with Crippen molar-refractivity contribution in [3.63, 3.8) is 0 Å². The van der Waals surface area contributed by atoms with E-state index in [4.69, 9.17) is 4.74 Å². The van der Waals surface area contributed by atoms with Crippen molar-refractivity contribution in [2.45, 2.75) is 45.0 Å². The number of nitrogens with zero attached hydrogens (tertiary/aromatic N) is 2. The Kier molecular flexibility index (Phi) is 7.65. The first-order valence-electron chi connectivity index (χ1n) is 10.0. The van der Waals surface area contributed by atoms with E-state index < -0.39 is 0 Å². The summed E-state index contributed by atoms with van der Waals surface area (Å²) in [4.78, 5) is 30.1. The number of anilines is 1. The molecule has 1 amide bonds. The Hall–Kier alpha value is -2.64. The van der Waals surface area contributed by atoms with Gasteiger partial charge in [-0.1, -0.05) is 41.6 Å². The molecular formula is C23H27N3O3S. The van der Waals surface area contributed by atoms with E-state index in [0.717, 1.165) is 11.3 Å². The van der Waals surface area contributed by atoms with E-state index in [-0.39, 0.29) is 23.3 Å². The molecule has 0 saturated heterocycles. The van der Waals surface area contributed by atoms with Crippen molar-refractivity contribution in [1.82, 2.24) is 9.55 Å². The number of hydrogen-bond donors (Lipinski definition) is 1. The monoisotopic (exact) mass is 425 g/mol. The highest BCUT2D eigenvalue weighted by Crippen LogP contribution is 2.19. The van der Waals surface area contributed by atoms with Crippen LogP contribution in [0, 0.1) is 6.92 Å². The van der Waals surface area contributed by atoms with Gasteiger partial charge in [-0.15, -0.1) is 0 Å². The summed E-state index contributed by atoms with van der Waals surface area (Å²) in [5.41, 5.74) is 2.43. The van der Waals surface area contributed by atoms with Crippen LogP contribution in [-0.2, 0) is 16.1 Å². The van der Waals surface area contributed by atoms with Gasteiger partial charge in [0.25, 0.3) is 5.56 Å².